The van der Waals surface area contributed by atoms with E-state index >= 15 is 0 Å². The van der Waals surface area contributed by atoms with Crippen LogP contribution in [0.3, 0.4) is 0 Å². The number of rotatable bonds is 8. The number of para-hydroxylation sites is 2. The number of amides is 2. The summed E-state index contributed by atoms with van der Waals surface area (Å²) < 4.78 is 10.4. The summed E-state index contributed by atoms with van der Waals surface area (Å²) in [6.45, 7) is 10.5. The fourth-order valence-electron chi connectivity index (χ4n) is 3.96. The second-order valence-electron chi connectivity index (χ2n) is 10.2. The molecule has 2 aromatic carbocycles. The summed E-state index contributed by atoms with van der Waals surface area (Å²) in [4.78, 5) is 29.8. The van der Waals surface area contributed by atoms with Crippen LogP contribution in [0.4, 0.5) is 16.2 Å². The molecule has 2 aromatic heterocycles. The molecule has 2 heterocycles. The third-order valence-electron chi connectivity index (χ3n) is 5.68. The van der Waals surface area contributed by atoms with Crippen molar-refractivity contribution in [2.45, 2.75) is 53.3 Å². The molecule has 0 aliphatic carbocycles. The Morgan fingerprint density at radius 1 is 0.923 bits per heavy atom. The number of pyridine rings is 1. The third kappa shape index (κ3) is 7.75. The van der Waals surface area contributed by atoms with Crippen LogP contribution >= 0.6 is 0 Å². The molecule has 0 unspecified atom stereocenters. The minimum atomic E-state index is -0.633. The van der Waals surface area contributed by atoms with Crippen LogP contribution in [0.2, 0.25) is 0 Å². The first-order valence-corrected chi connectivity index (χ1v) is 12.7. The molecule has 0 radical (unpaired) electrons. The van der Waals surface area contributed by atoms with Crippen molar-refractivity contribution >= 4 is 23.4 Å². The summed E-state index contributed by atoms with van der Waals surface area (Å²) in [5.41, 5.74) is 5.48. The van der Waals surface area contributed by atoms with Gasteiger partial charge in [-0.2, -0.15) is 0 Å². The molecule has 9 heteroatoms. The van der Waals surface area contributed by atoms with Crippen LogP contribution in [0.25, 0.3) is 11.3 Å². The van der Waals surface area contributed by atoms with Crippen molar-refractivity contribution in [2.75, 3.05) is 10.6 Å². The highest BCUT2D eigenvalue weighted by Gasteiger charge is 2.18. The van der Waals surface area contributed by atoms with E-state index in [1.165, 1.54) is 0 Å². The smallest absolute Gasteiger partial charge is 0.412 e. The molecule has 0 fully saturated rings. The molecule has 39 heavy (non-hydrogen) atoms. The van der Waals surface area contributed by atoms with Crippen LogP contribution in [-0.4, -0.2) is 27.7 Å². The van der Waals surface area contributed by atoms with Crippen molar-refractivity contribution in [1.82, 2.24) is 15.5 Å². The minimum Gasteiger partial charge on any atom is -0.444 e. The van der Waals surface area contributed by atoms with Gasteiger partial charge in [-0.25, -0.2) is 4.79 Å². The van der Waals surface area contributed by atoms with E-state index in [4.69, 9.17) is 9.26 Å². The van der Waals surface area contributed by atoms with Crippen LogP contribution in [-0.2, 0) is 17.8 Å². The Labute approximate surface area is 228 Å². The Morgan fingerprint density at radius 2 is 1.62 bits per heavy atom. The number of nitrogens with one attached hydrogen (secondary N) is 3. The Bertz CT molecular complexity index is 1450. The average Bonchev–Trinajstić information content (AvgIpc) is 3.29. The maximum absolute atomic E-state index is 13.0. The summed E-state index contributed by atoms with van der Waals surface area (Å²) in [7, 11) is 0. The Balaban J connectivity index is 1.38. The van der Waals surface area contributed by atoms with Crippen molar-refractivity contribution in [2.24, 2.45) is 0 Å². The molecule has 9 nitrogen and oxygen atoms in total. The van der Waals surface area contributed by atoms with Crippen LogP contribution in [0.5, 0.6) is 0 Å². The van der Waals surface area contributed by atoms with Crippen LogP contribution in [0, 0.1) is 13.8 Å². The highest BCUT2D eigenvalue weighted by atomic mass is 16.6. The first kappa shape index (κ1) is 27.5. The van der Waals surface area contributed by atoms with E-state index in [0.29, 0.717) is 30.0 Å². The van der Waals surface area contributed by atoms with Gasteiger partial charge in [-0.3, -0.25) is 15.1 Å². The van der Waals surface area contributed by atoms with E-state index in [9.17, 15) is 9.59 Å². The van der Waals surface area contributed by atoms with Crippen LogP contribution in [0.1, 0.15) is 53.7 Å². The topological polar surface area (TPSA) is 118 Å². The molecule has 0 saturated heterocycles. The minimum absolute atomic E-state index is 0.298. The molecule has 0 spiro atoms. The first-order chi connectivity index (χ1) is 18.6. The molecular formula is C30H33N5O4. The van der Waals surface area contributed by atoms with Gasteiger partial charge >= 0.3 is 6.09 Å². The molecule has 4 rings (SSSR count). The number of anilines is 2. The first-order valence-electron chi connectivity index (χ1n) is 12.7. The molecule has 202 valence electrons. The summed E-state index contributed by atoms with van der Waals surface area (Å²) in [6.07, 6.45) is 1.25. The van der Waals surface area contributed by atoms with Crippen molar-refractivity contribution < 1.29 is 18.8 Å². The fourth-order valence-corrected chi connectivity index (χ4v) is 3.96. The zero-order valence-corrected chi connectivity index (χ0v) is 22.8. The van der Waals surface area contributed by atoms with E-state index in [2.05, 4.69) is 32.2 Å². The van der Waals surface area contributed by atoms with Gasteiger partial charge in [-0.1, -0.05) is 35.5 Å². The number of benzene rings is 2. The predicted molar refractivity (Wildman–Crippen MR) is 150 cm³/mol. The molecule has 0 saturated carbocycles. The molecule has 4 aromatic rings. The number of hydrogen-bond donors (Lipinski definition) is 3. The Morgan fingerprint density at radius 3 is 2.23 bits per heavy atom. The van der Waals surface area contributed by atoms with E-state index in [-0.39, 0.29) is 5.91 Å². The quantitative estimate of drug-likeness (QED) is 0.248. The summed E-state index contributed by atoms with van der Waals surface area (Å²) in [5.74, 6) is 0.491. The monoisotopic (exact) mass is 527 g/mol. The zero-order valence-electron chi connectivity index (χ0n) is 22.8. The van der Waals surface area contributed by atoms with Gasteiger partial charge in [-0.15, -0.1) is 0 Å². The molecule has 0 atom stereocenters. The third-order valence-corrected chi connectivity index (χ3v) is 5.68. The normalized spacial score (nSPS) is 11.2. The summed E-state index contributed by atoms with van der Waals surface area (Å²) >= 11 is 0. The van der Waals surface area contributed by atoms with Crippen molar-refractivity contribution in [3.8, 4) is 11.3 Å². The van der Waals surface area contributed by atoms with Crippen LogP contribution < -0.4 is 16.0 Å². The van der Waals surface area contributed by atoms with E-state index < -0.39 is 11.7 Å². The van der Waals surface area contributed by atoms with Gasteiger partial charge in [-0.05, 0) is 70.0 Å². The number of nitrogens with zero attached hydrogens (tertiary/aromatic N) is 2. The lowest BCUT2D eigenvalue weighted by molar-refractivity contribution is 0.0635. The van der Waals surface area contributed by atoms with Gasteiger partial charge in [0.1, 0.15) is 11.4 Å². The molecule has 2 amide bonds. The molecule has 0 bridgehead atoms. The summed E-state index contributed by atoms with van der Waals surface area (Å²) in [5, 5.41) is 12.9. The SMILES string of the molecule is Cc1cc(CNCc2cnc(-c3ccc(C(=O)Nc4ccccc4NC(=O)OC(C)(C)C)cc3)c(C)c2)no1. The largest absolute Gasteiger partial charge is 0.444 e. The van der Waals surface area contributed by atoms with Crippen LogP contribution in [0.15, 0.2) is 71.4 Å². The molecule has 0 aliphatic heterocycles. The van der Waals surface area contributed by atoms with Gasteiger partial charge in [0.25, 0.3) is 5.91 Å². The van der Waals surface area contributed by atoms with Crippen molar-refractivity contribution in [3.63, 3.8) is 0 Å². The highest BCUT2D eigenvalue weighted by Crippen LogP contribution is 2.25. The average molecular weight is 528 g/mol. The maximum atomic E-state index is 13.0. The highest BCUT2D eigenvalue weighted by molar-refractivity contribution is 6.07. The van der Waals surface area contributed by atoms with E-state index in [1.54, 1.807) is 57.2 Å². The second kappa shape index (κ2) is 11.9. The predicted octanol–water partition coefficient (Wildman–Crippen LogP) is 6.24. The van der Waals surface area contributed by atoms with E-state index in [0.717, 1.165) is 33.8 Å². The zero-order chi connectivity index (χ0) is 28.0. The lowest BCUT2D eigenvalue weighted by Gasteiger charge is -2.20. The lowest BCUT2D eigenvalue weighted by atomic mass is 10.0. The van der Waals surface area contributed by atoms with Gasteiger partial charge in [0.15, 0.2) is 0 Å². The van der Waals surface area contributed by atoms with Gasteiger partial charge in [0.05, 0.1) is 22.8 Å². The van der Waals surface area contributed by atoms with Crippen molar-refractivity contribution in [3.05, 3.63) is 95.0 Å². The standard InChI is InChI=1S/C30H33N5O4/c1-19-14-21(16-31-18-24-15-20(2)39-35-24)17-32-27(19)22-10-12-23(13-11-22)28(36)33-25-8-6-7-9-26(25)34-29(37)38-30(3,4)5/h6-15,17,31H,16,18H2,1-5H3,(H,33,36)(H,34,37). The Kier molecular flexibility index (Phi) is 8.41. The molecule has 3 N–H and O–H groups in total. The van der Waals surface area contributed by atoms with Gasteiger partial charge < -0.3 is 19.9 Å². The number of carbonyl (C=O) groups is 2. The number of ether oxygens (including phenoxy) is 1. The molecule has 0 aliphatic rings. The van der Waals surface area contributed by atoms with E-state index in [1.807, 2.05) is 38.2 Å². The second-order valence-corrected chi connectivity index (χ2v) is 10.2. The number of aromatic nitrogens is 2. The number of hydrogen-bond acceptors (Lipinski definition) is 7. The van der Waals surface area contributed by atoms with Gasteiger partial charge in [0, 0.05) is 36.5 Å². The number of carbonyl (C=O) groups excluding carboxylic acids is 2. The number of aryl methyl sites for hydroxylation is 2. The maximum Gasteiger partial charge on any atom is 0.412 e. The van der Waals surface area contributed by atoms with Gasteiger partial charge in [0.2, 0.25) is 0 Å². The van der Waals surface area contributed by atoms with Crippen molar-refractivity contribution in [1.29, 1.82) is 0 Å². The summed E-state index contributed by atoms with van der Waals surface area (Å²) in [6, 6.07) is 18.2. The lowest BCUT2D eigenvalue weighted by Crippen LogP contribution is -2.27. The molecular weight excluding hydrogens is 494 g/mol. The fraction of sp³-hybridized carbons (Fsp3) is 0.267. The Hall–Kier alpha value is -4.50.